The normalized spacial score (nSPS) is 12.0. The van der Waals surface area contributed by atoms with E-state index in [1.807, 2.05) is 12.1 Å². The molecule has 4 heteroatoms. The third-order valence-electron chi connectivity index (χ3n) is 6.36. The highest BCUT2D eigenvalue weighted by molar-refractivity contribution is 8.14. The van der Waals surface area contributed by atoms with Gasteiger partial charge in [0.05, 0.1) is 0 Å². The molecular formula is C31H39ClO2P+. The smallest absolute Gasteiger partial charge is 0.210 e. The van der Waals surface area contributed by atoms with E-state index in [1.165, 1.54) is 34.3 Å². The second-order valence-electron chi connectivity index (χ2n) is 8.83. The molecule has 0 saturated carbocycles. The lowest BCUT2D eigenvalue weighted by molar-refractivity contribution is -0.107. The molecule has 0 radical (unpaired) electrons. The summed E-state index contributed by atoms with van der Waals surface area (Å²) >= 11 is 7.49. The predicted molar refractivity (Wildman–Crippen MR) is 154 cm³/mol. The van der Waals surface area contributed by atoms with Crippen LogP contribution >= 0.6 is 17.9 Å². The fraction of sp³-hybridized carbons (Fsp3) is 0.355. The Hall–Kier alpha value is -1.96. The number of ether oxygens (including phenoxy) is 2. The molecule has 3 aromatic rings. The van der Waals surface area contributed by atoms with Crippen LogP contribution in [0.2, 0.25) is 0 Å². The van der Waals surface area contributed by atoms with Crippen LogP contribution in [-0.2, 0) is 15.9 Å². The van der Waals surface area contributed by atoms with Crippen LogP contribution in [0.5, 0.6) is 0 Å². The lowest BCUT2D eigenvalue weighted by atomic mass is 10.1. The number of methoxy groups -OCH3 is 2. The second-order valence-corrected chi connectivity index (χ2v) is 13.1. The Morgan fingerprint density at radius 3 is 1.71 bits per heavy atom. The van der Waals surface area contributed by atoms with Crippen molar-refractivity contribution < 1.29 is 9.47 Å². The molecule has 0 aliphatic rings. The number of hydrogen-bond acceptors (Lipinski definition) is 2. The quantitative estimate of drug-likeness (QED) is 0.0909. The average molecular weight is 510 g/mol. The fourth-order valence-corrected chi connectivity index (χ4v) is 7.96. The van der Waals surface area contributed by atoms with E-state index in [0.29, 0.717) is 0 Å². The van der Waals surface area contributed by atoms with Gasteiger partial charge in [0, 0.05) is 14.2 Å². The van der Waals surface area contributed by atoms with Crippen molar-refractivity contribution in [2.75, 3.05) is 14.2 Å². The third-order valence-corrected chi connectivity index (χ3v) is 11.1. The molecule has 0 aliphatic carbocycles. The molecule has 0 aliphatic heterocycles. The summed E-state index contributed by atoms with van der Waals surface area (Å²) in [7, 11) is 3.40. The first-order valence-corrected chi connectivity index (χ1v) is 15.4. The number of halogens is 1. The van der Waals surface area contributed by atoms with Gasteiger partial charge in [-0.2, -0.15) is 0 Å². The van der Waals surface area contributed by atoms with Gasteiger partial charge in [-0.1, -0.05) is 67.1 Å². The van der Waals surface area contributed by atoms with Crippen LogP contribution in [0.25, 0.3) is 0 Å². The van der Waals surface area contributed by atoms with Crippen LogP contribution in [-0.4, -0.2) is 20.5 Å². The van der Waals surface area contributed by atoms with E-state index in [4.69, 9.17) is 20.7 Å². The minimum absolute atomic E-state index is 0.0565. The first-order chi connectivity index (χ1) is 17.2. The van der Waals surface area contributed by atoms with Crippen molar-refractivity contribution in [2.24, 2.45) is 0 Å². The molecule has 0 atom stereocenters. The number of unbranched alkanes of at least 4 members (excludes halogenated alkanes) is 4. The van der Waals surface area contributed by atoms with Crippen LogP contribution < -0.4 is 15.9 Å². The van der Waals surface area contributed by atoms with Gasteiger partial charge in [-0.25, -0.2) is 0 Å². The Labute approximate surface area is 217 Å². The van der Waals surface area contributed by atoms with Crippen LogP contribution in [0.4, 0.5) is 0 Å². The largest absolute Gasteiger partial charge is 0.356 e. The molecule has 0 fully saturated rings. The summed E-state index contributed by atoms with van der Waals surface area (Å²) in [6, 6.07) is 30.0. The maximum Gasteiger partial charge on any atom is 0.210 e. The van der Waals surface area contributed by atoms with Crippen molar-refractivity contribution in [3.8, 4) is 0 Å². The Balaban J connectivity index is 1.48. The minimum atomic E-state index is -2.16. The highest BCUT2D eigenvalue weighted by atomic mass is 35.7. The Kier molecular flexibility index (Phi) is 12.0. The van der Waals surface area contributed by atoms with Gasteiger partial charge in [0.25, 0.3) is 0 Å². The summed E-state index contributed by atoms with van der Waals surface area (Å²) in [5.74, 6) is 0. The van der Waals surface area contributed by atoms with E-state index in [0.717, 1.165) is 38.5 Å². The summed E-state index contributed by atoms with van der Waals surface area (Å²) in [4.78, 5) is 0. The van der Waals surface area contributed by atoms with Gasteiger partial charge in [0.2, 0.25) is 6.62 Å². The number of benzene rings is 3. The van der Waals surface area contributed by atoms with Gasteiger partial charge in [0.15, 0.2) is 6.29 Å². The molecule has 0 aromatic heterocycles. The molecule has 0 N–H and O–H groups in total. The second kappa shape index (κ2) is 15.2. The molecule has 3 aromatic carbocycles. The van der Waals surface area contributed by atoms with Crippen molar-refractivity contribution in [1.82, 2.24) is 0 Å². The van der Waals surface area contributed by atoms with E-state index in [-0.39, 0.29) is 6.29 Å². The SMILES string of the molecule is COC(CCCCC/C=C\CCCc1ccc([P+](Cl)(c2ccccc2)c2ccccc2)cc1)OC. The van der Waals surface area contributed by atoms with Gasteiger partial charge >= 0.3 is 0 Å². The first kappa shape index (κ1) is 27.6. The zero-order valence-corrected chi connectivity index (χ0v) is 22.8. The lowest BCUT2D eigenvalue weighted by Gasteiger charge is -2.19. The maximum absolute atomic E-state index is 7.49. The van der Waals surface area contributed by atoms with Gasteiger partial charge in [-0.05, 0) is 86.9 Å². The molecule has 0 spiro atoms. The number of aryl methyl sites for hydroxylation is 1. The third kappa shape index (κ3) is 8.29. The predicted octanol–water partition coefficient (Wildman–Crippen LogP) is 7.58. The van der Waals surface area contributed by atoms with E-state index >= 15 is 0 Å². The standard InChI is InChI=1S/C31H39ClO2P/c1-33-31(34-2)22-16-8-6-4-3-5-7-11-17-27-23-25-30(26-24-27)35(32,28-18-12-9-13-19-28)29-20-14-10-15-21-29/h3,5,9-10,12-15,18-21,23-26,31H,4,6-8,11,16-17,22H2,1-2H3/q+1/b5-3-. The highest BCUT2D eigenvalue weighted by Gasteiger charge is 2.44. The van der Waals surface area contributed by atoms with Crippen molar-refractivity contribution in [3.63, 3.8) is 0 Å². The van der Waals surface area contributed by atoms with Crippen LogP contribution in [0.3, 0.4) is 0 Å². The monoisotopic (exact) mass is 509 g/mol. The fourth-order valence-electron chi connectivity index (χ4n) is 4.32. The van der Waals surface area contributed by atoms with Crippen molar-refractivity contribution in [3.05, 3.63) is 103 Å². The Morgan fingerprint density at radius 2 is 1.17 bits per heavy atom. The lowest BCUT2D eigenvalue weighted by Crippen LogP contribution is -2.27. The molecule has 0 heterocycles. The van der Waals surface area contributed by atoms with Gasteiger partial charge in [0.1, 0.15) is 27.2 Å². The summed E-state index contributed by atoms with van der Waals surface area (Å²) in [6.07, 6.45) is 13.7. The van der Waals surface area contributed by atoms with E-state index in [9.17, 15) is 0 Å². The topological polar surface area (TPSA) is 18.5 Å². The Morgan fingerprint density at radius 1 is 0.657 bits per heavy atom. The van der Waals surface area contributed by atoms with Gasteiger partial charge in [-0.15, -0.1) is 0 Å². The summed E-state index contributed by atoms with van der Waals surface area (Å²) < 4.78 is 10.5. The van der Waals surface area contributed by atoms with Gasteiger partial charge in [-0.3, -0.25) is 0 Å². The van der Waals surface area contributed by atoms with Crippen molar-refractivity contribution in [2.45, 2.75) is 57.7 Å². The summed E-state index contributed by atoms with van der Waals surface area (Å²) in [6.45, 7) is -2.16. The van der Waals surface area contributed by atoms with E-state index in [1.54, 1.807) is 14.2 Å². The van der Waals surface area contributed by atoms with Crippen molar-refractivity contribution >= 4 is 33.8 Å². The number of allylic oxidation sites excluding steroid dienone is 2. The molecule has 2 nitrogen and oxygen atoms in total. The first-order valence-electron chi connectivity index (χ1n) is 12.7. The Bertz CT molecular complexity index is 946. The summed E-state index contributed by atoms with van der Waals surface area (Å²) in [5, 5.41) is 3.61. The molecule has 3 rings (SSSR count). The number of hydrogen-bond donors (Lipinski definition) is 0. The van der Waals surface area contributed by atoms with Gasteiger partial charge < -0.3 is 9.47 Å². The zero-order chi connectivity index (χ0) is 24.8. The van der Waals surface area contributed by atoms with Crippen LogP contribution in [0.1, 0.15) is 50.5 Å². The van der Waals surface area contributed by atoms with E-state index in [2.05, 4.69) is 84.9 Å². The molecule has 35 heavy (non-hydrogen) atoms. The zero-order valence-electron chi connectivity index (χ0n) is 21.1. The van der Waals surface area contributed by atoms with Crippen molar-refractivity contribution in [1.29, 1.82) is 0 Å². The molecular weight excluding hydrogens is 471 g/mol. The summed E-state index contributed by atoms with van der Waals surface area (Å²) in [5.41, 5.74) is 1.37. The number of rotatable bonds is 15. The molecule has 0 bridgehead atoms. The molecule has 186 valence electrons. The molecule has 0 unspecified atom stereocenters. The molecule has 0 saturated heterocycles. The molecule has 0 amide bonds. The maximum atomic E-state index is 7.49. The highest BCUT2D eigenvalue weighted by Crippen LogP contribution is 2.60. The van der Waals surface area contributed by atoms with Crippen LogP contribution in [0.15, 0.2) is 97.1 Å². The van der Waals surface area contributed by atoms with Crippen LogP contribution in [0, 0.1) is 0 Å². The minimum Gasteiger partial charge on any atom is -0.356 e. The average Bonchev–Trinajstić information content (AvgIpc) is 2.92. The van der Waals surface area contributed by atoms with E-state index < -0.39 is 6.62 Å².